The normalized spacial score (nSPS) is 25.2. The Hall–Kier alpha value is 1.32. The zero-order valence-corrected chi connectivity index (χ0v) is 11.5. The smallest absolute Gasteiger partial charge is 0.0216 e. The summed E-state index contributed by atoms with van der Waals surface area (Å²) in [4.78, 5) is 2.51. The average molecular weight is 259 g/mol. The molecule has 0 aliphatic carbocycles. The maximum absolute atomic E-state index is 4.51. The van der Waals surface area contributed by atoms with Gasteiger partial charge in [0.15, 0.2) is 0 Å². The molecule has 1 aliphatic rings. The van der Waals surface area contributed by atoms with Crippen LogP contribution in [0.2, 0.25) is 0 Å². The highest BCUT2D eigenvalue weighted by atomic mass is 33.7. The average Bonchev–Trinajstić information content (AvgIpc) is 2.17. The fraction of sp³-hybridized carbons (Fsp3) is 1.00. The number of nitrogens with zero attached hydrogens (tertiary/aromatic N) is 2. The van der Waals surface area contributed by atoms with E-state index in [0.29, 0.717) is 6.04 Å². The van der Waals surface area contributed by atoms with Crippen LogP contribution >= 0.6 is 42.3 Å². The van der Waals surface area contributed by atoms with Crippen molar-refractivity contribution in [1.29, 1.82) is 0 Å². The van der Waals surface area contributed by atoms with E-state index < -0.39 is 0 Å². The maximum atomic E-state index is 4.51. The third-order valence-electron chi connectivity index (χ3n) is 2.34. The number of rotatable bonds is 3. The summed E-state index contributed by atoms with van der Waals surface area (Å²) >= 11 is 8.72. The minimum atomic E-state index is -0.353. The van der Waals surface area contributed by atoms with Crippen molar-refractivity contribution in [2.45, 2.75) is 19.9 Å². The lowest BCUT2D eigenvalue weighted by Crippen LogP contribution is -2.46. The first-order valence-corrected chi connectivity index (χ1v) is 9.36. The van der Waals surface area contributed by atoms with Crippen LogP contribution in [0.3, 0.4) is 0 Å². The molecule has 1 heterocycles. The summed E-state index contributed by atoms with van der Waals surface area (Å²) < 4.78 is 2.43. The zero-order valence-electron chi connectivity index (χ0n) is 8.05. The van der Waals surface area contributed by atoms with E-state index in [4.69, 9.17) is 0 Å². The van der Waals surface area contributed by atoms with Crippen LogP contribution in [0.1, 0.15) is 13.8 Å². The molecule has 80 valence electrons. The molecule has 0 radical (unpaired) electrons. The lowest BCUT2D eigenvalue weighted by atomic mass is 10.3. The lowest BCUT2D eigenvalue weighted by molar-refractivity contribution is 0.160. The first kappa shape index (κ1) is 12.4. The largest absolute Gasteiger partial charge is 0.298 e. The van der Waals surface area contributed by atoms with Crippen molar-refractivity contribution in [3.63, 3.8) is 0 Å². The highest BCUT2D eigenvalue weighted by Gasteiger charge is 2.20. The molecule has 0 amide bonds. The SMILES string of the molecule is CC(C)N1CCN([SH](S)SS)CC1. The highest BCUT2D eigenvalue weighted by molar-refractivity contribution is 9.26. The van der Waals surface area contributed by atoms with Gasteiger partial charge in [0.05, 0.1) is 0 Å². The van der Waals surface area contributed by atoms with Crippen molar-refractivity contribution in [1.82, 2.24) is 9.21 Å². The topological polar surface area (TPSA) is 6.48 Å². The Morgan fingerprint density at radius 1 is 1.23 bits per heavy atom. The molecule has 6 heteroatoms. The summed E-state index contributed by atoms with van der Waals surface area (Å²) in [5, 5.41) is 0. The molecule has 0 N–H and O–H groups in total. The second-order valence-corrected chi connectivity index (χ2v) is 9.60. The lowest BCUT2D eigenvalue weighted by Gasteiger charge is -2.39. The second-order valence-electron chi connectivity index (χ2n) is 3.42. The van der Waals surface area contributed by atoms with Crippen molar-refractivity contribution >= 4 is 42.3 Å². The van der Waals surface area contributed by atoms with Gasteiger partial charge in [-0.15, -0.1) is 11.7 Å². The zero-order chi connectivity index (χ0) is 9.84. The van der Waals surface area contributed by atoms with E-state index in [1.54, 1.807) is 9.83 Å². The molecule has 0 spiro atoms. The molecular weight excluding hydrogens is 240 g/mol. The van der Waals surface area contributed by atoms with Crippen LogP contribution in [0.4, 0.5) is 0 Å². The Morgan fingerprint density at radius 3 is 2.15 bits per heavy atom. The molecule has 2 nitrogen and oxygen atoms in total. The van der Waals surface area contributed by atoms with Gasteiger partial charge in [0, 0.05) is 32.2 Å². The van der Waals surface area contributed by atoms with Crippen molar-refractivity contribution in [2.75, 3.05) is 26.2 Å². The van der Waals surface area contributed by atoms with Gasteiger partial charge in [-0.25, -0.2) is 0 Å². The van der Waals surface area contributed by atoms with E-state index >= 15 is 0 Å². The van der Waals surface area contributed by atoms with Crippen molar-refractivity contribution in [3.05, 3.63) is 0 Å². The summed E-state index contributed by atoms with van der Waals surface area (Å²) in [6.07, 6.45) is 0. The Balaban J connectivity index is 2.30. The highest BCUT2D eigenvalue weighted by Crippen LogP contribution is 2.50. The van der Waals surface area contributed by atoms with Crippen molar-refractivity contribution < 1.29 is 0 Å². The Morgan fingerprint density at radius 2 is 1.77 bits per heavy atom. The number of hydrogen-bond donors (Lipinski definition) is 3. The summed E-state index contributed by atoms with van der Waals surface area (Å²) in [6, 6.07) is 0.678. The Bertz CT molecular complexity index is 147. The first-order valence-electron chi connectivity index (χ1n) is 4.44. The van der Waals surface area contributed by atoms with Crippen molar-refractivity contribution in [2.24, 2.45) is 0 Å². The fourth-order valence-electron chi connectivity index (χ4n) is 1.45. The number of thiol groups is 3. The molecule has 13 heavy (non-hydrogen) atoms. The molecule has 0 aromatic heterocycles. The van der Waals surface area contributed by atoms with Gasteiger partial charge in [0.2, 0.25) is 0 Å². The summed E-state index contributed by atoms with van der Waals surface area (Å²) in [5.74, 6) is 0. The quantitative estimate of drug-likeness (QED) is 0.528. The van der Waals surface area contributed by atoms with Gasteiger partial charge < -0.3 is 0 Å². The molecule has 0 aromatic rings. The first-order chi connectivity index (χ1) is 6.15. The van der Waals surface area contributed by atoms with Crippen LogP contribution < -0.4 is 0 Å². The minimum absolute atomic E-state index is 0.353. The van der Waals surface area contributed by atoms with Gasteiger partial charge >= 0.3 is 0 Å². The fourth-order valence-corrected chi connectivity index (χ4v) is 4.34. The van der Waals surface area contributed by atoms with Crippen molar-refractivity contribution in [3.8, 4) is 0 Å². The Labute approximate surface area is 97.3 Å². The minimum Gasteiger partial charge on any atom is -0.298 e. The molecule has 0 saturated carbocycles. The van der Waals surface area contributed by atoms with E-state index in [1.165, 1.54) is 13.1 Å². The summed E-state index contributed by atoms with van der Waals surface area (Å²) in [5.41, 5.74) is 0. The predicted molar refractivity (Wildman–Crippen MR) is 72.8 cm³/mol. The van der Waals surface area contributed by atoms with E-state index in [-0.39, 0.29) is 9.15 Å². The molecule has 1 atom stereocenters. The van der Waals surface area contributed by atoms with E-state index in [2.05, 4.69) is 46.4 Å². The molecule has 1 rings (SSSR count). The van der Waals surface area contributed by atoms with Gasteiger partial charge in [0.25, 0.3) is 0 Å². The maximum Gasteiger partial charge on any atom is 0.0216 e. The van der Waals surface area contributed by atoms with Crippen LogP contribution in [-0.2, 0) is 0 Å². The molecular formula is C7H18N2S4. The number of piperazine rings is 1. The van der Waals surface area contributed by atoms with Crippen LogP contribution in [0.25, 0.3) is 0 Å². The monoisotopic (exact) mass is 258 g/mol. The van der Waals surface area contributed by atoms with Crippen LogP contribution in [0.15, 0.2) is 0 Å². The third-order valence-corrected chi connectivity index (χ3v) is 8.54. The summed E-state index contributed by atoms with van der Waals surface area (Å²) in [6.45, 7) is 9.14. The van der Waals surface area contributed by atoms with Crippen LogP contribution in [0, 0.1) is 0 Å². The standard InChI is InChI=1S/C7H18N2S4/c1-7(2)8-3-5-9(6-4-8)13(11)12-10/h7,10-11,13H,3-6H2,1-2H3. The molecule has 0 aromatic carbocycles. The molecule has 0 bridgehead atoms. The van der Waals surface area contributed by atoms with E-state index in [1.807, 2.05) is 0 Å². The second kappa shape index (κ2) is 6.02. The van der Waals surface area contributed by atoms with Gasteiger partial charge in [-0.05, 0) is 23.7 Å². The third kappa shape index (κ3) is 3.76. The Kier molecular flexibility index (Phi) is 5.74. The van der Waals surface area contributed by atoms with Gasteiger partial charge in [-0.1, -0.05) is 20.8 Å². The molecule has 1 fully saturated rings. The number of hydrogen-bond acceptors (Lipinski definition) is 5. The van der Waals surface area contributed by atoms with Gasteiger partial charge in [-0.3, -0.25) is 9.21 Å². The van der Waals surface area contributed by atoms with E-state index in [9.17, 15) is 0 Å². The molecule has 1 unspecified atom stereocenters. The van der Waals surface area contributed by atoms with Crippen LogP contribution in [0.5, 0.6) is 0 Å². The molecule has 1 saturated heterocycles. The van der Waals surface area contributed by atoms with E-state index in [0.717, 1.165) is 13.1 Å². The predicted octanol–water partition coefficient (Wildman–Crippen LogP) is 2.27. The van der Waals surface area contributed by atoms with Crippen LogP contribution in [-0.4, -0.2) is 41.4 Å². The summed E-state index contributed by atoms with van der Waals surface area (Å²) in [7, 11) is 1.22. The molecule has 1 aliphatic heterocycles. The van der Waals surface area contributed by atoms with Gasteiger partial charge in [-0.2, -0.15) is 0 Å². The van der Waals surface area contributed by atoms with Gasteiger partial charge in [0.1, 0.15) is 0 Å².